The number of carbonyl (C=O) groups excluding carboxylic acids is 1. The fourth-order valence-electron chi connectivity index (χ4n) is 2.58. The van der Waals surface area contributed by atoms with Crippen LogP contribution < -0.4 is 5.32 Å². The number of hydrogen-bond donors (Lipinski definition) is 1. The summed E-state index contributed by atoms with van der Waals surface area (Å²) in [5.74, 6) is 0.337. The highest BCUT2D eigenvalue weighted by molar-refractivity contribution is 5.83. The third-order valence-electron chi connectivity index (χ3n) is 3.84. The number of rotatable bonds is 1. The lowest BCUT2D eigenvalue weighted by atomic mass is 9.81. The van der Waals surface area contributed by atoms with Crippen molar-refractivity contribution in [3.63, 3.8) is 0 Å². The second-order valence-corrected chi connectivity index (χ2v) is 5.39. The predicted octanol–water partition coefficient (Wildman–Crippen LogP) is 1.55. The molecule has 0 radical (unpaired) electrons. The Hall–Kier alpha value is -0.830. The van der Waals surface area contributed by atoms with Crippen molar-refractivity contribution in [3.8, 4) is 0 Å². The Kier molecular flexibility index (Phi) is 3.33. The molecule has 2 heterocycles. The lowest BCUT2D eigenvalue weighted by Gasteiger charge is -2.38. The molecular weight excluding hydrogens is 200 g/mol. The van der Waals surface area contributed by atoms with Gasteiger partial charge in [-0.1, -0.05) is 11.6 Å². The Morgan fingerprint density at radius 3 is 2.94 bits per heavy atom. The van der Waals surface area contributed by atoms with Crippen LogP contribution in [0.4, 0.5) is 0 Å². The van der Waals surface area contributed by atoms with Crippen LogP contribution in [-0.2, 0) is 4.79 Å². The molecule has 1 atom stereocenters. The molecule has 2 aliphatic rings. The molecule has 0 aromatic carbocycles. The Balaban J connectivity index is 2.01. The first-order valence-corrected chi connectivity index (χ1v) is 6.27. The monoisotopic (exact) mass is 222 g/mol. The number of carbonyl (C=O) groups is 1. The van der Waals surface area contributed by atoms with Crippen LogP contribution in [-0.4, -0.2) is 37.0 Å². The Bertz CT molecular complexity index is 303. The average molecular weight is 222 g/mol. The number of hydrogen-bond acceptors (Lipinski definition) is 2. The van der Waals surface area contributed by atoms with E-state index in [2.05, 4.69) is 25.2 Å². The van der Waals surface area contributed by atoms with Gasteiger partial charge in [-0.15, -0.1) is 0 Å². The smallest absolute Gasteiger partial charge is 0.230 e. The highest BCUT2D eigenvalue weighted by atomic mass is 16.2. The molecule has 1 N–H and O–H groups in total. The van der Waals surface area contributed by atoms with Gasteiger partial charge in [0, 0.05) is 19.6 Å². The van der Waals surface area contributed by atoms with Crippen molar-refractivity contribution in [2.45, 2.75) is 33.1 Å². The molecule has 1 saturated heterocycles. The van der Waals surface area contributed by atoms with Gasteiger partial charge in [-0.2, -0.15) is 0 Å². The van der Waals surface area contributed by atoms with Gasteiger partial charge in [-0.25, -0.2) is 0 Å². The SMILES string of the molecule is CC1=CCN(C(=O)C2(C)CCCNC2)CC1. The zero-order valence-corrected chi connectivity index (χ0v) is 10.4. The van der Waals surface area contributed by atoms with Crippen LogP contribution >= 0.6 is 0 Å². The summed E-state index contributed by atoms with van der Waals surface area (Å²) in [4.78, 5) is 14.5. The molecule has 0 aliphatic carbocycles. The van der Waals surface area contributed by atoms with Crippen LogP contribution in [0.3, 0.4) is 0 Å². The summed E-state index contributed by atoms with van der Waals surface area (Å²) in [6.07, 6.45) is 5.36. The van der Waals surface area contributed by atoms with Crippen molar-refractivity contribution < 1.29 is 4.79 Å². The van der Waals surface area contributed by atoms with Crippen LogP contribution in [0.15, 0.2) is 11.6 Å². The summed E-state index contributed by atoms with van der Waals surface area (Å²) in [5.41, 5.74) is 1.24. The molecule has 1 amide bonds. The molecule has 90 valence electrons. The van der Waals surface area contributed by atoms with Crippen molar-refractivity contribution in [1.82, 2.24) is 10.2 Å². The second-order valence-electron chi connectivity index (χ2n) is 5.39. The molecule has 1 unspecified atom stereocenters. The maximum atomic E-state index is 12.4. The Morgan fingerprint density at radius 2 is 2.38 bits per heavy atom. The summed E-state index contributed by atoms with van der Waals surface area (Å²) in [5, 5.41) is 3.34. The van der Waals surface area contributed by atoms with Crippen LogP contribution in [0.5, 0.6) is 0 Å². The van der Waals surface area contributed by atoms with E-state index in [1.165, 1.54) is 5.57 Å². The number of nitrogens with one attached hydrogen (secondary N) is 1. The standard InChI is InChI=1S/C13H22N2O/c1-11-4-8-15(9-5-11)12(16)13(2)6-3-7-14-10-13/h4,14H,3,5-10H2,1-2H3. The quantitative estimate of drug-likeness (QED) is 0.683. The van der Waals surface area contributed by atoms with E-state index < -0.39 is 0 Å². The molecule has 2 rings (SSSR count). The first kappa shape index (κ1) is 11.6. The fraction of sp³-hybridized carbons (Fsp3) is 0.769. The second kappa shape index (κ2) is 4.58. The summed E-state index contributed by atoms with van der Waals surface area (Å²) in [6, 6.07) is 0. The van der Waals surface area contributed by atoms with Crippen LogP contribution in [0.2, 0.25) is 0 Å². The molecule has 16 heavy (non-hydrogen) atoms. The Labute approximate surface area is 97.9 Å². The van der Waals surface area contributed by atoms with E-state index in [0.29, 0.717) is 5.91 Å². The van der Waals surface area contributed by atoms with Crippen molar-refractivity contribution in [2.75, 3.05) is 26.2 Å². The maximum absolute atomic E-state index is 12.4. The minimum Gasteiger partial charge on any atom is -0.338 e. The van der Waals surface area contributed by atoms with Gasteiger partial charge < -0.3 is 10.2 Å². The zero-order valence-electron chi connectivity index (χ0n) is 10.4. The lowest BCUT2D eigenvalue weighted by molar-refractivity contribution is -0.141. The molecule has 0 aromatic rings. The normalized spacial score (nSPS) is 31.1. The van der Waals surface area contributed by atoms with E-state index >= 15 is 0 Å². The van der Waals surface area contributed by atoms with Gasteiger partial charge in [0.25, 0.3) is 0 Å². The van der Waals surface area contributed by atoms with Crippen molar-refractivity contribution in [3.05, 3.63) is 11.6 Å². The van der Waals surface area contributed by atoms with E-state index in [9.17, 15) is 4.79 Å². The van der Waals surface area contributed by atoms with Crippen molar-refractivity contribution in [1.29, 1.82) is 0 Å². The highest BCUT2D eigenvalue weighted by Gasteiger charge is 2.37. The average Bonchev–Trinajstić information content (AvgIpc) is 2.30. The fourth-order valence-corrected chi connectivity index (χ4v) is 2.58. The first-order valence-electron chi connectivity index (χ1n) is 6.27. The van der Waals surface area contributed by atoms with Gasteiger partial charge >= 0.3 is 0 Å². The number of piperidine rings is 1. The third-order valence-corrected chi connectivity index (χ3v) is 3.84. The molecule has 2 aliphatic heterocycles. The molecular formula is C13H22N2O. The maximum Gasteiger partial charge on any atom is 0.230 e. The topological polar surface area (TPSA) is 32.3 Å². The predicted molar refractivity (Wildman–Crippen MR) is 65.2 cm³/mol. The summed E-state index contributed by atoms with van der Waals surface area (Å²) in [6.45, 7) is 7.85. The minimum absolute atomic E-state index is 0.169. The van der Waals surface area contributed by atoms with Crippen LogP contribution in [0.25, 0.3) is 0 Å². The minimum atomic E-state index is -0.169. The van der Waals surface area contributed by atoms with Crippen molar-refractivity contribution >= 4 is 5.91 Å². The van der Waals surface area contributed by atoms with Gasteiger partial charge in [-0.05, 0) is 39.7 Å². The van der Waals surface area contributed by atoms with Crippen molar-refractivity contribution in [2.24, 2.45) is 5.41 Å². The summed E-state index contributed by atoms with van der Waals surface area (Å²) >= 11 is 0. The largest absolute Gasteiger partial charge is 0.338 e. The number of amides is 1. The molecule has 1 fully saturated rings. The van der Waals surface area contributed by atoms with E-state index in [1.54, 1.807) is 0 Å². The van der Waals surface area contributed by atoms with E-state index in [-0.39, 0.29) is 5.41 Å². The lowest BCUT2D eigenvalue weighted by Crippen LogP contribution is -2.51. The van der Waals surface area contributed by atoms with Gasteiger partial charge in [0.2, 0.25) is 5.91 Å². The summed E-state index contributed by atoms with van der Waals surface area (Å²) in [7, 11) is 0. The molecule has 0 spiro atoms. The van der Waals surface area contributed by atoms with Gasteiger partial charge in [-0.3, -0.25) is 4.79 Å². The third kappa shape index (κ3) is 2.29. The molecule has 0 bridgehead atoms. The van der Waals surface area contributed by atoms with Gasteiger partial charge in [0.15, 0.2) is 0 Å². The van der Waals surface area contributed by atoms with E-state index in [0.717, 1.165) is 45.4 Å². The molecule has 3 nitrogen and oxygen atoms in total. The van der Waals surface area contributed by atoms with E-state index in [1.807, 2.05) is 4.90 Å². The van der Waals surface area contributed by atoms with Crippen LogP contribution in [0.1, 0.15) is 33.1 Å². The highest BCUT2D eigenvalue weighted by Crippen LogP contribution is 2.29. The van der Waals surface area contributed by atoms with Gasteiger partial charge in [0.1, 0.15) is 0 Å². The first-order chi connectivity index (χ1) is 7.62. The van der Waals surface area contributed by atoms with Gasteiger partial charge in [0.05, 0.1) is 5.41 Å². The summed E-state index contributed by atoms with van der Waals surface area (Å²) < 4.78 is 0. The Morgan fingerprint density at radius 1 is 1.56 bits per heavy atom. The molecule has 3 heteroatoms. The number of nitrogens with zero attached hydrogens (tertiary/aromatic N) is 1. The zero-order chi connectivity index (χ0) is 11.6. The van der Waals surface area contributed by atoms with E-state index in [4.69, 9.17) is 0 Å². The molecule has 0 saturated carbocycles. The molecule has 0 aromatic heterocycles. The van der Waals surface area contributed by atoms with Crippen LogP contribution in [0, 0.1) is 5.41 Å².